The molecule has 1 fully saturated rings. The van der Waals surface area contributed by atoms with Crippen molar-refractivity contribution in [1.29, 1.82) is 5.26 Å². The number of aromatic nitrogens is 1. The summed E-state index contributed by atoms with van der Waals surface area (Å²) in [6.07, 6.45) is -1.87. The Kier molecular flexibility index (Phi) is 4.62. The second-order valence-electron chi connectivity index (χ2n) is 7.79. The molecule has 160 valence electrons. The number of aliphatic hydroxyl groups excluding tert-OH is 1. The molecule has 0 radical (unpaired) electrons. The van der Waals surface area contributed by atoms with Crippen LogP contribution in [0.3, 0.4) is 0 Å². The van der Waals surface area contributed by atoms with Crippen LogP contribution >= 0.6 is 11.6 Å². The number of fused-ring (bicyclic) bond motifs is 2. The third kappa shape index (κ3) is 3.41. The zero-order valence-corrected chi connectivity index (χ0v) is 17.7. The van der Waals surface area contributed by atoms with Crippen molar-refractivity contribution in [2.24, 2.45) is 0 Å². The zero-order chi connectivity index (χ0) is 21.8. The molecule has 3 heterocycles. The van der Waals surface area contributed by atoms with E-state index >= 15 is 0 Å². The summed E-state index contributed by atoms with van der Waals surface area (Å²) in [5, 5.41) is 25.7. The van der Waals surface area contributed by atoms with E-state index < -0.39 is 27.6 Å². The molecule has 5 rings (SSSR count). The van der Waals surface area contributed by atoms with Gasteiger partial charge in [0.05, 0.1) is 28.5 Å². The first-order valence-electron chi connectivity index (χ1n) is 9.63. The van der Waals surface area contributed by atoms with E-state index in [0.29, 0.717) is 32.9 Å². The van der Waals surface area contributed by atoms with Gasteiger partial charge >= 0.3 is 0 Å². The summed E-state index contributed by atoms with van der Waals surface area (Å²) in [7, 11) is -3.18. The van der Waals surface area contributed by atoms with Gasteiger partial charge in [0.1, 0.15) is 17.5 Å². The van der Waals surface area contributed by atoms with Crippen LogP contribution in [0, 0.1) is 11.3 Å². The van der Waals surface area contributed by atoms with E-state index in [1.807, 2.05) is 0 Å². The van der Waals surface area contributed by atoms with Gasteiger partial charge in [0.25, 0.3) is 5.88 Å². The van der Waals surface area contributed by atoms with Gasteiger partial charge in [0.2, 0.25) is 0 Å². The molecule has 0 amide bonds. The lowest BCUT2D eigenvalue weighted by Crippen LogP contribution is -2.58. The van der Waals surface area contributed by atoms with Gasteiger partial charge in [-0.1, -0.05) is 11.6 Å². The predicted molar refractivity (Wildman–Crippen MR) is 111 cm³/mol. The molecule has 1 N–H and O–H groups in total. The second kappa shape index (κ2) is 7.12. The summed E-state index contributed by atoms with van der Waals surface area (Å²) in [5.41, 5.74) is 0.159. The maximum atomic E-state index is 12.0. The standard InChI is InChI=1S/C21H17ClN2O6S/c22-13-2-3-14-17(10-13)30-24-20(14)28-18-15-9-12(11-23)1-4-16(15)29-21(19(18)25)5-7-31(26,27)8-6-21/h1-4,9-10,18-19,25H,5-8H2/t18-,19+/m1/s1. The molecule has 1 spiro atoms. The second-order valence-corrected chi connectivity index (χ2v) is 10.5. The number of aliphatic hydroxyl groups is 1. The van der Waals surface area contributed by atoms with Crippen LogP contribution in [0.4, 0.5) is 0 Å². The molecular formula is C21H17ClN2O6S. The van der Waals surface area contributed by atoms with Gasteiger partial charge in [-0.15, -0.1) is 0 Å². The minimum Gasteiger partial charge on any atom is -0.484 e. The van der Waals surface area contributed by atoms with Gasteiger partial charge in [-0.2, -0.15) is 5.26 Å². The minimum atomic E-state index is -3.18. The van der Waals surface area contributed by atoms with Gasteiger partial charge in [0, 0.05) is 29.5 Å². The normalized spacial score (nSPS) is 23.6. The SMILES string of the molecule is N#Cc1ccc2c(c1)[C@@H](Oc1noc3cc(Cl)ccc13)[C@H](O)C1(CCS(=O)(=O)CC1)O2. The topological polar surface area (TPSA) is 123 Å². The summed E-state index contributed by atoms with van der Waals surface area (Å²) in [4.78, 5) is 0. The van der Waals surface area contributed by atoms with Gasteiger partial charge in [-0.05, 0) is 35.5 Å². The molecule has 0 bridgehead atoms. The van der Waals surface area contributed by atoms with Crippen LogP contribution in [0.1, 0.15) is 30.1 Å². The van der Waals surface area contributed by atoms with Gasteiger partial charge < -0.3 is 19.1 Å². The predicted octanol–water partition coefficient (Wildman–Crippen LogP) is 3.17. The third-order valence-electron chi connectivity index (χ3n) is 5.90. The van der Waals surface area contributed by atoms with Crippen molar-refractivity contribution in [3.05, 3.63) is 52.5 Å². The first kappa shape index (κ1) is 20.1. The van der Waals surface area contributed by atoms with Crippen LogP contribution in [0.25, 0.3) is 11.0 Å². The average Bonchev–Trinajstić information content (AvgIpc) is 3.15. The maximum absolute atomic E-state index is 12.0. The van der Waals surface area contributed by atoms with E-state index in [9.17, 15) is 18.8 Å². The lowest BCUT2D eigenvalue weighted by Gasteiger charge is -2.47. The van der Waals surface area contributed by atoms with Crippen LogP contribution in [-0.2, 0) is 9.84 Å². The molecule has 3 aromatic rings. The molecule has 2 aliphatic heterocycles. The van der Waals surface area contributed by atoms with Gasteiger partial charge in [-0.25, -0.2) is 8.42 Å². The number of nitriles is 1. The summed E-state index contributed by atoms with van der Waals surface area (Å²) >= 11 is 6.00. The van der Waals surface area contributed by atoms with E-state index in [0.717, 1.165) is 0 Å². The Morgan fingerprint density at radius 3 is 2.74 bits per heavy atom. The number of halogens is 1. The Morgan fingerprint density at radius 2 is 2.00 bits per heavy atom. The molecule has 0 unspecified atom stereocenters. The van der Waals surface area contributed by atoms with E-state index in [-0.39, 0.29) is 30.2 Å². The van der Waals surface area contributed by atoms with Gasteiger partial charge in [0.15, 0.2) is 21.5 Å². The van der Waals surface area contributed by atoms with Crippen molar-refractivity contribution in [3.8, 4) is 17.7 Å². The smallest absolute Gasteiger partial charge is 0.262 e. The van der Waals surface area contributed by atoms with Crippen molar-refractivity contribution < 1.29 is 27.5 Å². The molecule has 2 aliphatic rings. The fraction of sp³-hybridized carbons (Fsp3) is 0.333. The molecule has 31 heavy (non-hydrogen) atoms. The summed E-state index contributed by atoms with van der Waals surface area (Å²) in [6.45, 7) is 0. The van der Waals surface area contributed by atoms with Crippen LogP contribution < -0.4 is 9.47 Å². The molecule has 1 aromatic heterocycles. The van der Waals surface area contributed by atoms with Crippen molar-refractivity contribution >= 4 is 32.4 Å². The van der Waals surface area contributed by atoms with Crippen molar-refractivity contribution in [1.82, 2.24) is 5.16 Å². The van der Waals surface area contributed by atoms with Crippen LogP contribution in [0.2, 0.25) is 5.02 Å². The number of hydrogen-bond donors (Lipinski definition) is 1. The lowest BCUT2D eigenvalue weighted by atomic mass is 9.81. The Morgan fingerprint density at radius 1 is 1.23 bits per heavy atom. The van der Waals surface area contributed by atoms with Crippen LogP contribution in [0.15, 0.2) is 40.9 Å². The summed E-state index contributed by atoms with van der Waals surface area (Å²) in [6, 6.07) is 11.9. The lowest BCUT2D eigenvalue weighted by molar-refractivity contribution is -0.126. The monoisotopic (exact) mass is 460 g/mol. The maximum Gasteiger partial charge on any atom is 0.262 e. The highest BCUT2D eigenvalue weighted by atomic mass is 35.5. The first-order valence-corrected chi connectivity index (χ1v) is 11.8. The number of nitrogens with zero attached hydrogens (tertiary/aromatic N) is 2. The summed E-state index contributed by atoms with van der Waals surface area (Å²) < 4.78 is 41.6. The quantitative estimate of drug-likeness (QED) is 0.618. The number of benzene rings is 2. The molecule has 0 saturated carbocycles. The molecule has 2 atom stereocenters. The Bertz CT molecular complexity index is 1320. The molecule has 0 aliphatic carbocycles. The Labute approximate surface area is 182 Å². The number of hydrogen-bond acceptors (Lipinski definition) is 8. The zero-order valence-electron chi connectivity index (χ0n) is 16.1. The number of rotatable bonds is 2. The Balaban J connectivity index is 1.59. The van der Waals surface area contributed by atoms with E-state index in [4.69, 9.17) is 25.6 Å². The average molecular weight is 461 g/mol. The highest BCUT2D eigenvalue weighted by Crippen LogP contribution is 2.47. The first-order chi connectivity index (χ1) is 14.8. The molecule has 2 aromatic carbocycles. The van der Waals surface area contributed by atoms with Crippen molar-refractivity contribution in [3.63, 3.8) is 0 Å². The highest BCUT2D eigenvalue weighted by Gasteiger charge is 2.53. The van der Waals surface area contributed by atoms with Crippen LogP contribution in [-0.4, -0.2) is 41.9 Å². The van der Waals surface area contributed by atoms with E-state index in [2.05, 4.69) is 11.2 Å². The van der Waals surface area contributed by atoms with Crippen molar-refractivity contribution in [2.45, 2.75) is 30.7 Å². The van der Waals surface area contributed by atoms with Crippen molar-refractivity contribution in [2.75, 3.05) is 11.5 Å². The highest BCUT2D eigenvalue weighted by molar-refractivity contribution is 7.91. The summed E-state index contributed by atoms with van der Waals surface area (Å²) in [5.74, 6) is 0.413. The molecule has 10 heteroatoms. The Hall–Kier alpha value is -2.80. The molecule has 1 saturated heterocycles. The number of sulfone groups is 1. The van der Waals surface area contributed by atoms with Crippen LogP contribution in [0.5, 0.6) is 11.6 Å². The van der Waals surface area contributed by atoms with E-state index in [1.54, 1.807) is 36.4 Å². The molecular weight excluding hydrogens is 444 g/mol. The fourth-order valence-corrected chi connectivity index (χ4v) is 5.84. The van der Waals surface area contributed by atoms with Gasteiger partial charge in [-0.3, -0.25) is 0 Å². The fourth-order valence-electron chi connectivity index (χ4n) is 4.16. The number of ether oxygens (including phenoxy) is 2. The largest absolute Gasteiger partial charge is 0.484 e. The third-order valence-corrected chi connectivity index (χ3v) is 7.78. The molecule has 8 nitrogen and oxygen atoms in total. The minimum absolute atomic E-state index is 0.0895. The van der Waals surface area contributed by atoms with E-state index in [1.165, 1.54) is 0 Å².